The lowest BCUT2D eigenvalue weighted by Crippen LogP contribution is -2.38. The molecular weight excluding hydrogens is 472 g/mol. The Morgan fingerprint density at radius 3 is 2.74 bits per heavy atom. The van der Waals surface area contributed by atoms with E-state index in [4.69, 9.17) is 0 Å². The maximum atomic E-state index is 15.8. The molecule has 178 valence electrons. The Balaban J connectivity index is 1.57. The number of rotatable bonds is 4. The number of carbonyl (C=O) groups is 1. The Bertz CT molecular complexity index is 1480. The van der Waals surface area contributed by atoms with E-state index in [0.717, 1.165) is 11.8 Å². The van der Waals surface area contributed by atoms with Gasteiger partial charge in [0.2, 0.25) is 11.9 Å². The van der Waals surface area contributed by atoms with Gasteiger partial charge in [-0.05, 0) is 38.0 Å². The van der Waals surface area contributed by atoms with Gasteiger partial charge in [0, 0.05) is 42.9 Å². The predicted molar refractivity (Wildman–Crippen MR) is 125 cm³/mol. The summed E-state index contributed by atoms with van der Waals surface area (Å²) in [4.78, 5) is 18.0. The summed E-state index contributed by atoms with van der Waals surface area (Å²) in [6.45, 7) is 4.38. The molecule has 5 heterocycles. The molecule has 0 unspecified atom stereocenters. The fourth-order valence-corrected chi connectivity index (χ4v) is 5.42. The summed E-state index contributed by atoms with van der Waals surface area (Å²) >= 11 is 1.05. The Morgan fingerprint density at radius 2 is 2.06 bits per heavy atom. The van der Waals surface area contributed by atoms with Crippen molar-refractivity contribution in [3.05, 3.63) is 59.8 Å². The summed E-state index contributed by atoms with van der Waals surface area (Å²) in [5.41, 5.74) is 2.14. The molecular formula is C24H21F2N7OS. The smallest absolute Gasteiger partial charge is 0.219 e. The zero-order chi connectivity index (χ0) is 24.7. The molecule has 0 saturated carbocycles. The number of pyridine rings is 2. The van der Waals surface area contributed by atoms with Gasteiger partial charge < -0.3 is 4.90 Å². The normalized spacial score (nSPS) is 14.4. The molecule has 1 amide bonds. The number of nitriles is 1. The van der Waals surface area contributed by atoms with Crippen molar-refractivity contribution < 1.29 is 13.6 Å². The Hall–Kier alpha value is -3.78. The van der Waals surface area contributed by atoms with Crippen LogP contribution in [0.5, 0.6) is 0 Å². The maximum absolute atomic E-state index is 15.8. The van der Waals surface area contributed by atoms with E-state index in [-0.39, 0.29) is 17.0 Å². The minimum Gasteiger partial charge on any atom is -0.343 e. The van der Waals surface area contributed by atoms with Crippen LogP contribution >= 0.6 is 11.8 Å². The lowest BCUT2D eigenvalue weighted by atomic mass is 10.0. The van der Waals surface area contributed by atoms with Crippen LogP contribution in [0.1, 0.15) is 37.1 Å². The Labute approximate surface area is 204 Å². The standard InChI is InChI=1S/C24H21F2N7OS/c1-14-21(23(26)33(30-14)18-5-8-31(9-6-18)15(2)34)16-10-20(35-24-19(25)4-3-7-28-24)22-17(11-27)12-29-32(22)13-16/h3-4,7,10,12-13,18H,5-6,8-9H2,1-2H3. The van der Waals surface area contributed by atoms with E-state index in [1.165, 1.54) is 40.6 Å². The third-order valence-electron chi connectivity index (χ3n) is 6.20. The predicted octanol–water partition coefficient (Wildman–Crippen LogP) is 4.39. The van der Waals surface area contributed by atoms with Gasteiger partial charge in [-0.15, -0.1) is 0 Å². The van der Waals surface area contributed by atoms with Crippen LogP contribution in [0.25, 0.3) is 16.6 Å². The first kappa shape index (κ1) is 23.0. The third kappa shape index (κ3) is 4.14. The summed E-state index contributed by atoms with van der Waals surface area (Å²) in [5, 5.41) is 18.4. The fourth-order valence-electron chi connectivity index (χ4n) is 4.45. The number of fused-ring (bicyclic) bond motifs is 1. The number of hydrogen-bond acceptors (Lipinski definition) is 6. The molecule has 0 aliphatic carbocycles. The number of aryl methyl sites for hydroxylation is 1. The first-order valence-corrected chi connectivity index (χ1v) is 11.9. The average Bonchev–Trinajstić information content (AvgIpc) is 3.40. The van der Waals surface area contributed by atoms with Crippen molar-refractivity contribution in [3.8, 4) is 17.2 Å². The highest BCUT2D eigenvalue weighted by atomic mass is 32.2. The minimum absolute atomic E-state index is 0.0138. The van der Waals surface area contributed by atoms with Gasteiger partial charge in [-0.3, -0.25) is 4.79 Å². The quantitative estimate of drug-likeness (QED) is 0.419. The van der Waals surface area contributed by atoms with Gasteiger partial charge in [0.1, 0.15) is 11.1 Å². The second kappa shape index (κ2) is 9.11. The molecule has 11 heteroatoms. The summed E-state index contributed by atoms with van der Waals surface area (Å²) in [5.74, 6) is -0.957. The number of piperidine rings is 1. The molecule has 0 atom stereocenters. The van der Waals surface area contributed by atoms with Crippen LogP contribution in [0, 0.1) is 30.0 Å². The third-order valence-corrected chi connectivity index (χ3v) is 7.22. The first-order chi connectivity index (χ1) is 16.9. The number of hydrogen-bond donors (Lipinski definition) is 0. The molecule has 5 rings (SSSR count). The molecule has 0 radical (unpaired) electrons. The lowest BCUT2D eigenvalue weighted by Gasteiger charge is -2.31. The largest absolute Gasteiger partial charge is 0.343 e. The van der Waals surface area contributed by atoms with Crippen molar-refractivity contribution in [1.29, 1.82) is 5.26 Å². The molecule has 1 aliphatic heterocycles. The molecule has 0 aromatic carbocycles. The number of halogens is 2. The van der Waals surface area contributed by atoms with Gasteiger partial charge in [0.25, 0.3) is 0 Å². The highest BCUT2D eigenvalue weighted by Crippen LogP contribution is 2.38. The lowest BCUT2D eigenvalue weighted by molar-refractivity contribution is -0.130. The van der Waals surface area contributed by atoms with Gasteiger partial charge in [0.15, 0.2) is 5.82 Å². The van der Waals surface area contributed by atoms with Crippen LogP contribution in [0.3, 0.4) is 0 Å². The molecule has 0 spiro atoms. The van der Waals surface area contributed by atoms with Crippen LogP contribution in [0.4, 0.5) is 8.78 Å². The van der Waals surface area contributed by atoms with Gasteiger partial charge in [-0.1, -0.05) is 11.8 Å². The van der Waals surface area contributed by atoms with E-state index in [9.17, 15) is 14.4 Å². The van der Waals surface area contributed by atoms with E-state index in [2.05, 4.69) is 21.3 Å². The second-order valence-electron chi connectivity index (χ2n) is 8.38. The van der Waals surface area contributed by atoms with Gasteiger partial charge in [0.05, 0.1) is 34.6 Å². The highest BCUT2D eigenvalue weighted by Gasteiger charge is 2.28. The van der Waals surface area contributed by atoms with Crippen LogP contribution in [-0.4, -0.2) is 48.3 Å². The number of likely N-dealkylation sites (tertiary alicyclic amines) is 1. The topological polar surface area (TPSA) is 92.1 Å². The van der Waals surface area contributed by atoms with Crippen molar-refractivity contribution in [1.82, 2.24) is 29.3 Å². The van der Waals surface area contributed by atoms with E-state index in [1.54, 1.807) is 24.1 Å². The van der Waals surface area contributed by atoms with Crippen LogP contribution < -0.4 is 0 Å². The Morgan fingerprint density at radius 1 is 1.29 bits per heavy atom. The van der Waals surface area contributed by atoms with Crippen molar-refractivity contribution in [2.75, 3.05) is 13.1 Å². The zero-order valence-electron chi connectivity index (χ0n) is 19.1. The van der Waals surface area contributed by atoms with Crippen molar-refractivity contribution >= 4 is 23.2 Å². The molecule has 4 aromatic heterocycles. The number of aromatic nitrogens is 5. The van der Waals surface area contributed by atoms with Crippen molar-refractivity contribution in [3.63, 3.8) is 0 Å². The molecule has 0 bridgehead atoms. The molecule has 8 nitrogen and oxygen atoms in total. The van der Waals surface area contributed by atoms with Gasteiger partial charge >= 0.3 is 0 Å². The molecule has 1 fully saturated rings. The molecule has 0 N–H and O–H groups in total. The van der Waals surface area contributed by atoms with Crippen LogP contribution in [-0.2, 0) is 4.79 Å². The number of carbonyl (C=O) groups excluding carboxylic acids is 1. The molecule has 1 aliphatic rings. The molecule has 35 heavy (non-hydrogen) atoms. The second-order valence-corrected chi connectivity index (χ2v) is 9.41. The SMILES string of the molecule is CC(=O)N1CCC(n2nc(C)c(-c3cc(Sc4ncccc4F)c4c(C#N)cnn4c3)c2F)CC1. The van der Waals surface area contributed by atoms with Crippen molar-refractivity contribution in [2.24, 2.45) is 0 Å². The highest BCUT2D eigenvalue weighted by molar-refractivity contribution is 7.99. The van der Waals surface area contributed by atoms with Gasteiger partial charge in [-0.25, -0.2) is 18.6 Å². The fraction of sp³-hybridized carbons (Fsp3) is 0.292. The molecule has 4 aromatic rings. The van der Waals surface area contributed by atoms with Crippen molar-refractivity contribution in [2.45, 2.75) is 42.7 Å². The van der Waals surface area contributed by atoms with Crippen LogP contribution in [0.15, 0.2) is 46.7 Å². The van der Waals surface area contributed by atoms with Gasteiger partial charge in [-0.2, -0.15) is 19.8 Å². The van der Waals surface area contributed by atoms with E-state index in [1.807, 2.05) is 0 Å². The average molecular weight is 494 g/mol. The van der Waals surface area contributed by atoms with E-state index >= 15 is 4.39 Å². The van der Waals surface area contributed by atoms with Crippen LogP contribution in [0.2, 0.25) is 0 Å². The summed E-state index contributed by atoms with van der Waals surface area (Å²) in [6.07, 6.45) is 5.78. The first-order valence-electron chi connectivity index (χ1n) is 11.1. The molecule has 1 saturated heterocycles. The summed E-state index contributed by atoms with van der Waals surface area (Å²) < 4.78 is 33.0. The zero-order valence-corrected chi connectivity index (χ0v) is 19.9. The minimum atomic E-state index is -0.494. The summed E-state index contributed by atoms with van der Waals surface area (Å²) in [7, 11) is 0. The van der Waals surface area contributed by atoms with E-state index in [0.29, 0.717) is 58.7 Å². The number of nitrogens with zero attached hydrogens (tertiary/aromatic N) is 7. The Kier molecular flexibility index (Phi) is 5.98. The maximum Gasteiger partial charge on any atom is 0.219 e. The number of amides is 1. The van der Waals surface area contributed by atoms with E-state index < -0.39 is 11.8 Å². The monoisotopic (exact) mass is 493 g/mol. The summed E-state index contributed by atoms with van der Waals surface area (Å²) in [6, 6.07) is 6.47.